The van der Waals surface area contributed by atoms with Crippen LogP contribution in [0.5, 0.6) is 5.75 Å². The summed E-state index contributed by atoms with van der Waals surface area (Å²) in [7, 11) is 0. The quantitative estimate of drug-likeness (QED) is 0.827. The molecule has 2 heterocycles. The molecule has 1 aromatic rings. The van der Waals surface area contributed by atoms with E-state index in [-0.39, 0.29) is 18.3 Å². The Morgan fingerprint density at radius 3 is 2.79 bits per heavy atom. The number of halogens is 1. The van der Waals surface area contributed by atoms with Gasteiger partial charge in [0.05, 0.1) is 6.61 Å². The van der Waals surface area contributed by atoms with Crippen LogP contribution < -0.4 is 10.1 Å². The average molecular weight is 353 g/mol. The lowest BCUT2D eigenvalue weighted by molar-refractivity contribution is -0.131. The Hall–Kier alpha value is -1.26. The van der Waals surface area contributed by atoms with Gasteiger partial charge >= 0.3 is 0 Å². The van der Waals surface area contributed by atoms with Crippen LogP contribution in [-0.2, 0) is 4.79 Å². The Bertz CT molecular complexity index is 564. The molecule has 2 atom stereocenters. The number of aryl methyl sites for hydroxylation is 2. The van der Waals surface area contributed by atoms with E-state index in [0.29, 0.717) is 25.1 Å². The lowest BCUT2D eigenvalue weighted by Gasteiger charge is -2.24. The maximum absolute atomic E-state index is 12.4. The highest BCUT2D eigenvalue weighted by atomic mass is 35.5. The van der Waals surface area contributed by atoms with Gasteiger partial charge in [-0.05, 0) is 62.8 Å². The molecule has 134 valence electrons. The number of carbonyl (C=O) groups is 1. The molecule has 0 aliphatic carbocycles. The minimum atomic E-state index is 0. The molecule has 0 saturated carbocycles. The monoisotopic (exact) mass is 352 g/mol. The van der Waals surface area contributed by atoms with Gasteiger partial charge in [-0.2, -0.15) is 0 Å². The smallest absolute Gasteiger partial charge is 0.222 e. The third-order valence-electron chi connectivity index (χ3n) is 5.16. The summed E-state index contributed by atoms with van der Waals surface area (Å²) in [6.07, 6.45) is 4.95. The number of fused-ring (bicyclic) bond motifs is 2. The van der Waals surface area contributed by atoms with Crippen LogP contribution in [0.3, 0.4) is 0 Å². The molecule has 2 bridgehead atoms. The standard InChI is InChI=1S/C19H28N2O2.ClH/c1-14-5-8-18(12-15(14)2)23-11-3-4-19(22)21-10-9-16-6-7-17(13-21)20-16;/h5,8,12,16-17,20H,3-4,6-7,9-11,13H2,1-2H3;1H. The van der Waals surface area contributed by atoms with Crippen LogP contribution in [-0.4, -0.2) is 42.6 Å². The maximum Gasteiger partial charge on any atom is 0.222 e. The molecule has 2 aliphatic rings. The van der Waals surface area contributed by atoms with Crippen LogP contribution in [0.2, 0.25) is 0 Å². The summed E-state index contributed by atoms with van der Waals surface area (Å²) >= 11 is 0. The molecule has 2 aliphatic heterocycles. The summed E-state index contributed by atoms with van der Waals surface area (Å²) < 4.78 is 5.77. The van der Waals surface area contributed by atoms with Crippen LogP contribution in [0.1, 0.15) is 43.2 Å². The molecular weight excluding hydrogens is 324 g/mol. The first-order valence-corrected chi connectivity index (χ1v) is 8.85. The Morgan fingerprint density at radius 2 is 2.00 bits per heavy atom. The molecule has 2 saturated heterocycles. The second-order valence-corrected chi connectivity index (χ2v) is 6.96. The predicted octanol–water partition coefficient (Wildman–Crippen LogP) is 3.24. The molecule has 2 fully saturated rings. The van der Waals surface area contributed by atoms with E-state index in [1.54, 1.807) is 0 Å². The van der Waals surface area contributed by atoms with Crippen molar-refractivity contribution in [2.24, 2.45) is 0 Å². The summed E-state index contributed by atoms with van der Waals surface area (Å²) in [5.74, 6) is 1.18. The van der Waals surface area contributed by atoms with Gasteiger partial charge < -0.3 is 15.0 Å². The fraction of sp³-hybridized carbons (Fsp3) is 0.632. The molecule has 1 aromatic carbocycles. The van der Waals surface area contributed by atoms with Crippen molar-refractivity contribution < 1.29 is 9.53 Å². The van der Waals surface area contributed by atoms with Crippen LogP contribution in [0.15, 0.2) is 18.2 Å². The number of benzene rings is 1. The van der Waals surface area contributed by atoms with Crippen molar-refractivity contribution >= 4 is 18.3 Å². The maximum atomic E-state index is 12.4. The number of ether oxygens (including phenoxy) is 1. The topological polar surface area (TPSA) is 41.6 Å². The molecule has 0 radical (unpaired) electrons. The normalized spacial score (nSPS) is 22.7. The third kappa shape index (κ3) is 4.87. The first-order valence-electron chi connectivity index (χ1n) is 8.85. The summed E-state index contributed by atoms with van der Waals surface area (Å²) in [5.41, 5.74) is 2.52. The van der Waals surface area contributed by atoms with Gasteiger partial charge in [-0.15, -0.1) is 12.4 Å². The fourth-order valence-electron chi connectivity index (χ4n) is 3.54. The molecule has 1 N–H and O–H groups in total. The van der Waals surface area contributed by atoms with Crippen molar-refractivity contribution in [1.82, 2.24) is 10.2 Å². The van der Waals surface area contributed by atoms with E-state index < -0.39 is 0 Å². The van der Waals surface area contributed by atoms with E-state index >= 15 is 0 Å². The Labute approximate surface area is 151 Å². The van der Waals surface area contributed by atoms with Crippen molar-refractivity contribution in [2.45, 2.75) is 58.0 Å². The highest BCUT2D eigenvalue weighted by Crippen LogP contribution is 2.21. The number of rotatable bonds is 5. The molecule has 5 heteroatoms. The number of likely N-dealkylation sites (tertiary alicyclic amines) is 1. The van der Waals surface area contributed by atoms with E-state index in [4.69, 9.17) is 4.74 Å². The predicted molar refractivity (Wildman–Crippen MR) is 99.0 cm³/mol. The third-order valence-corrected chi connectivity index (χ3v) is 5.16. The number of nitrogens with zero attached hydrogens (tertiary/aromatic N) is 1. The van der Waals surface area contributed by atoms with Crippen molar-refractivity contribution in [3.8, 4) is 5.75 Å². The SMILES string of the molecule is Cc1ccc(OCCCC(=O)N2CCC3CCC(C2)N3)cc1C.Cl. The molecule has 24 heavy (non-hydrogen) atoms. The summed E-state index contributed by atoms with van der Waals surface area (Å²) in [6.45, 7) is 6.58. The Morgan fingerprint density at radius 1 is 1.21 bits per heavy atom. The fourth-order valence-corrected chi connectivity index (χ4v) is 3.54. The summed E-state index contributed by atoms with van der Waals surface area (Å²) in [5, 5.41) is 3.62. The van der Waals surface area contributed by atoms with Gasteiger partial charge in [0.15, 0.2) is 0 Å². The Balaban J connectivity index is 0.00000208. The van der Waals surface area contributed by atoms with Gasteiger partial charge in [0.25, 0.3) is 0 Å². The summed E-state index contributed by atoms with van der Waals surface area (Å²) in [4.78, 5) is 14.4. The number of carbonyl (C=O) groups excluding carboxylic acids is 1. The molecule has 4 nitrogen and oxygen atoms in total. The van der Waals surface area contributed by atoms with Gasteiger partial charge in [-0.3, -0.25) is 4.79 Å². The molecule has 3 rings (SSSR count). The van der Waals surface area contributed by atoms with Crippen LogP contribution in [0.25, 0.3) is 0 Å². The summed E-state index contributed by atoms with van der Waals surface area (Å²) in [6, 6.07) is 7.29. The molecule has 0 aromatic heterocycles. The van der Waals surface area contributed by atoms with Gasteiger partial charge in [0.2, 0.25) is 5.91 Å². The van der Waals surface area contributed by atoms with E-state index in [2.05, 4.69) is 31.3 Å². The van der Waals surface area contributed by atoms with E-state index in [1.165, 1.54) is 24.0 Å². The van der Waals surface area contributed by atoms with Crippen molar-refractivity contribution in [3.63, 3.8) is 0 Å². The van der Waals surface area contributed by atoms with Crippen molar-refractivity contribution in [2.75, 3.05) is 19.7 Å². The highest BCUT2D eigenvalue weighted by molar-refractivity contribution is 5.85. The van der Waals surface area contributed by atoms with Crippen molar-refractivity contribution in [3.05, 3.63) is 29.3 Å². The molecule has 0 spiro atoms. The second kappa shape index (κ2) is 8.72. The van der Waals surface area contributed by atoms with E-state index in [1.807, 2.05) is 11.0 Å². The minimum Gasteiger partial charge on any atom is -0.494 e. The van der Waals surface area contributed by atoms with Gasteiger partial charge in [-0.1, -0.05) is 6.07 Å². The molecule has 2 unspecified atom stereocenters. The number of hydrogen-bond acceptors (Lipinski definition) is 3. The number of amides is 1. The van der Waals surface area contributed by atoms with E-state index in [9.17, 15) is 4.79 Å². The largest absolute Gasteiger partial charge is 0.494 e. The van der Waals surface area contributed by atoms with E-state index in [0.717, 1.165) is 31.7 Å². The first kappa shape index (κ1) is 19.1. The average Bonchev–Trinajstić information content (AvgIpc) is 2.86. The van der Waals surface area contributed by atoms with Gasteiger partial charge in [0.1, 0.15) is 5.75 Å². The Kier molecular flexibility index (Phi) is 6.93. The molecule has 1 amide bonds. The van der Waals surface area contributed by atoms with Gasteiger partial charge in [0, 0.05) is 31.6 Å². The highest BCUT2D eigenvalue weighted by Gasteiger charge is 2.30. The molecular formula is C19H29ClN2O2. The van der Waals surface area contributed by atoms with Crippen LogP contribution in [0, 0.1) is 13.8 Å². The lowest BCUT2D eigenvalue weighted by atomic mass is 10.1. The number of hydrogen-bond donors (Lipinski definition) is 1. The van der Waals surface area contributed by atoms with Crippen LogP contribution >= 0.6 is 12.4 Å². The minimum absolute atomic E-state index is 0. The lowest BCUT2D eigenvalue weighted by Crippen LogP contribution is -2.39. The zero-order chi connectivity index (χ0) is 16.2. The van der Waals surface area contributed by atoms with Crippen LogP contribution in [0.4, 0.5) is 0 Å². The van der Waals surface area contributed by atoms with Crippen molar-refractivity contribution in [1.29, 1.82) is 0 Å². The first-order chi connectivity index (χ1) is 11.1. The zero-order valence-electron chi connectivity index (χ0n) is 14.7. The second-order valence-electron chi connectivity index (χ2n) is 6.96. The zero-order valence-corrected chi connectivity index (χ0v) is 15.5. The number of nitrogens with one attached hydrogen (secondary N) is 1. The van der Waals surface area contributed by atoms with Gasteiger partial charge in [-0.25, -0.2) is 0 Å².